The van der Waals surface area contributed by atoms with Crippen molar-refractivity contribution in [2.45, 2.75) is 71.3 Å². The van der Waals surface area contributed by atoms with Gasteiger partial charge in [-0.3, -0.25) is 0 Å². The van der Waals surface area contributed by atoms with Crippen LogP contribution in [0.3, 0.4) is 0 Å². The van der Waals surface area contributed by atoms with Gasteiger partial charge in [-0.15, -0.1) is 0 Å². The number of hydrogen-bond donors (Lipinski definition) is 1. The Morgan fingerprint density at radius 3 is 2.25 bits per heavy atom. The number of benzene rings is 1. The molecule has 0 radical (unpaired) electrons. The summed E-state index contributed by atoms with van der Waals surface area (Å²) in [7, 11) is 0. The van der Waals surface area contributed by atoms with Crippen molar-refractivity contribution in [3.63, 3.8) is 0 Å². The number of nitrogens with one attached hydrogen (secondary N) is 1. The van der Waals surface area contributed by atoms with E-state index in [9.17, 15) is 4.39 Å². The summed E-state index contributed by atoms with van der Waals surface area (Å²) in [5.41, 5.74) is 1.38. The van der Waals surface area contributed by atoms with Gasteiger partial charge in [0.15, 0.2) is 0 Å². The van der Waals surface area contributed by atoms with Crippen LogP contribution >= 0.6 is 0 Å². The van der Waals surface area contributed by atoms with Gasteiger partial charge in [0.2, 0.25) is 0 Å². The molecule has 1 rings (SSSR count). The first-order valence-electron chi connectivity index (χ1n) is 7.93. The fourth-order valence-corrected chi connectivity index (χ4v) is 2.37. The lowest BCUT2D eigenvalue weighted by atomic mass is 9.92. The first kappa shape index (κ1) is 17.2. The molecular weight excluding hydrogens is 249 g/mol. The molecule has 0 aromatic heterocycles. The summed E-state index contributed by atoms with van der Waals surface area (Å²) in [5, 5.41) is 3.58. The third-order valence-corrected chi connectivity index (χ3v) is 3.63. The molecule has 0 aliphatic carbocycles. The average Bonchev–Trinajstić information content (AvgIpc) is 2.38. The molecule has 0 bridgehead atoms. The minimum absolute atomic E-state index is 0.127. The highest BCUT2D eigenvalue weighted by atomic mass is 19.1. The van der Waals surface area contributed by atoms with Crippen molar-refractivity contribution in [1.29, 1.82) is 0 Å². The van der Waals surface area contributed by atoms with E-state index < -0.39 is 0 Å². The van der Waals surface area contributed by atoms with Crippen LogP contribution in [-0.2, 0) is 0 Å². The summed E-state index contributed by atoms with van der Waals surface area (Å²) in [6.07, 6.45) is 6.30. The lowest BCUT2D eigenvalue weighted by Gasteiger charge is -2.26. The van der Waals surface area contributed by atoms with Crippen molar-refractivity contribution in [2.75, 3.05) is 6.54 Å². The van der Waals surface area contributed by atoms with Crippen molar-refractivity contribution in [3.05, 3.63) is 35.6 Å². The normalized spacial score (nSPS) is 13.4. The van der Waals surface area contributed by atoms with Gasteiger partial charge in [0.1, 0.15) is 5.82 Å². The van der Waals surface area contributed by atoms with Gasteiger partial charge in [0.05, 0.1) is 0 Å². The van der Waals surface area contributed by atoms with Crippen LogP contribution < -0.4 is 5.32 Å². The lowest BCUT2D eigenvalue weighted by Crippen LogP contribution is -2.38. The van der Waals surface area contributed by atoms with E-state index in [-0.39, 0.29) is 11.4 Å². The van der Waals surface area contributed by atoms with Gasteiger partial charge in [0, 0.05) is 12.1 Å². The standard InChI is InChI=1S/C18H30FN/c1-5-6-7-8-9-16(14-20-18(2,3)4)15-10-12-17(19)13-11-15/h10-13,16,20H,5-9,14H2,1-4H3. The van der Waals surface area contributed by atoms with Gasteiger partial charge in [-0.05, 0) is 50.8 Å². The largest absolute Gasteiger partial charge is 0.311 e. The zero-order valence-corrected chi connectivity index (χ0v) is 13.5. The molecule has 1 aromatic rings. The van der Waals surface area contributed by atoms with Crippen LogP contribution in [0.4, 0.5) is 4.39 Å². The quantitative estimate of drug-likeness (QED) is 0.639. The van der Waals surface area contributed by atoms with E-state index in [4.69, 9.17) is 0 Å². The third-order valence-electron chi connectivity index (χ3n) is 3.63. The molecule has 1 N–H and O–H groups in total. The van der Waals surface area contributed by atoms with E-state index in [1.807, 2.05) is 12.1 Å². The van der Waals surface area contributed by atoms with Crippen molar-refractivity contribution < 1.29 is 4.39 Å². The SMILES string of the molecule is CCCCCCC(CNC(C)(C)C)c1ccc(F)cc1. The Morgan fingerprint density at radius 1 is 1.05 bits per heavy atom. The molecule has 20 heavy (non-hydrogen) atoms. The Bertz CT molecular complexity index is 364. The first-order valence-corrected chi connectivity index (χ1v) is 7.93. The van der Waals surface area contributed by atoms with Crippen LogP contribution in [0.25, 0.3) is 0 Å². The molecule has 1 atom stereocenters. The van der Waals surface area contributed by atoms with Crippen LogP contribution in [-0.4, -0.2) is 12.1 Å². The van der Waals surface area contributed by atoms with Gasteiger partial charge in [0.25, 0.3) is 0 Å². The second-order valence-electron chi connectivity index (χ2n) is 6.73. The van der Waals surface area contributed by atoms with Gasteiger partial charge in [-0.2, -0.15) is 0 Å². The molecule has 1 unspecified atom stereocenters. The van der Waals surface area contributed by atoms with Crippen LogP contribution in [0.5, 0.6) is 0 Å². The molecule has 0 heterocycles. The molecule has 2 heteroatoms. The molecule has 0 aliphatic heterocycles. The topological polar surface area (TPSA) is 12.0 Å². The maximum absolute atomic E-state index is 13.1. The molecule has 0 aliphatic rings. The van der Waals surface area contributed by atoms with Crippen molar-refractivity contribution >= 4 is 0 Å². The zero-order chi connectivity index (χ0) is 15.0. The Labute approximate surface area is 124 Å². The highest BCUT2D eigenvalue weighted by Gasteiger charge is 2.15. The monoisotopic (exact) mass is 279 g/mol. The Hall–Kier alpha value is -0.890. The maximum atomic E-state index is 13.1. The van der Waals surface area contributed by atoms with Crippen LogP contribution in [0.15, 0.2) is 24.3 Å². The summed E-state index contributed by atoms with van der Waals surface area (Å²) in [6.45, 7) is 9.75. The van der Waals surface area contributed by atoms with E-state index in [1.165, 1.54) is 37.7 Å². The first-order chi connectivity index (χ1) is 9.42. The second-order valence-corrected chi connectivity index (χ2v) is 6.73. The van der Waals surface area contributed by atoms with Gasteiger partial charge < -0.3 is 5.32 Å². The minimum Gasteiger partial charge on any atom is -0.311 e. The molecule has 1 aromatic carbocycles. The fourth-order valence-electron chi connectivity index (χ4n) is 2.37. The molecule has 0 fully saturated rings. The number of unbranched alkanes of at least 4 members (excludes halogenated alkanes) is 3. The van der Waals surface area contributed by atoms with E-state index in [0.29, 0.717) is 5.92 Å². The van der Waals surface area contributed by atoms with Gasteiger partial charge in [-0.1, -0.05) is 44.7 Å². The molecule has 0 saturated carbocycles. The van der Waals surface area contributed by atoms with Gasteiger partial charge in [-0.25, -0.2) is 4.39 Å². The van der Waals surface area contributed by atoms with Crippen molar-refractivity contribution in [3.8, 4) is 0 Å². The third kappa shape index (κ3) is 7.04. The number of hydrogen-bond acceptors (Lipinski definition) is 1. The van der Waals surface area contributed by atoms with Gasteiger partial charge >= 0.3 is 0 Å². The molecule has 114 valence electrons. The van der Waals surface area contributed by atoms with Crippen LogP contribution in [0.1, 0.15) is 71.3 Å². The molecule has 0 amide bonds. The molecule has 0 saturated heterocycles. The van der Waals surface area contributed by atoms with E-state index >= 15 is 0 Å². The minimum atomic E-state index is -0.151. The summed E-state index contributed by atoms with van der Waals surface area (Å²) in [5.74, 6) is 0.328. The predicted octanol–water partition coefficient (Wildman–Crippen LogP) is 5.27. The Morgan fingerprint density at radius 2 is 1.70 bits per heavy atom. The lowest BCUT2D eigenvalue weighted by molar-refractivity contribution is 0.394. The number of halogens is 1. The summed E-state index contributed by atoms with van der Waals surface area (Å²) < 4.78 is 13.1. The summed E-state index contributed by atoms with van der Waals surface area (Å²) in [6, 6.07) is 7.02. The highest BCUT2D eigenvalue weighted by molar-refractivity contribution is 5.21. The van der Waals surface area contributed by atoms with Crippen LogP contribution in [0.2, 0.25) is 0 Å². The predicted molar refractivity (Wildman–Crippen MR) is 85.7 cm³/mol. The fraction of sp³-hybridized carbons (Fsp3) is 0.667. The van der Waals surface area contributed by atoms with Crippen LogP contribution in [0, 0.1) is 5.82 Å². The highest BCUT2D eigenvalue weighted by Crippen LogP contribution is 2.23. The maximum Gasteiger partial charge on any atom is 0.123 e. The second kappa shape index (κ2) is 8.41. The average molecular weight is 279 g/mol. The zero-order valence-electron chi connectivity index (χ0n) is 13.5. The molecule has 0 spiro atoms. The number of rotatable bonds is 8. The Balaban J connectivity index is 2.60. The molecule has 1 nitrogen and oxygen atoms in total. The summed E-state index contributed by atoms with van der Waals surface area (Å²) in [4.78, 5) is 0. The van der Waals surface area contributed by atoms with Crippen molar-refractivity contribution in [2.24, 2.45) is 0 Å². The van der Waals surface area contributed by atoms with Crippen molar-refractivity contribution in [1.82, 2.24) is 5.32 Å². The van der Waals surface area contributed by atoms with E-state index in [2.05, 4.69) is 33.0 Å². The summed E-state index contributed by atoms with van der Waals surface area (Å²) >= 11 is 0. The smallest absolute Gasteiger partial charge is 0.123 e. The molecular formula is C18H30FN. The Kier molecular flexibility index (Phi) is 7.22. The van der Waals surface area contributed by atoms with E-state index in [0.717, 1.165) is 6.54 Å². The van der Waals surface area contributed by atoms with E-state index in [1.54, 1.807) is 12.1 Å².